The van der Waals surface area contributed by atoms with E-state index < -0.39 is 5.82 Å². The van der Waals surface area contributed by atoms with E-state index in [0.717, 1.165) is 0 Å². The lowest BCUT2D eigenvalue weighted by Crippen LogP contribution is -1.92. The van der Waals surface area contributed by atoms with Crippen molar-refractivity contribution < 1.29 is 9.13 Å². The fourth-order valence-corrected chi connectivity index (χ4v) is 1.19. The normalized spacial score (nSPS) is 9.17. The molecule has 0 spiro atoms. The van der Waals surface area contributed by atoms with Crippen molar-refractivity contribution in [3.05, 3.63) is 28.0 Å². The summed E-state index contributed by atoms with van der Waals surface area (Å²) in [4.78, 5) is 0. The van der Waals surface area contributed by atoms with Crippen LogP contribution in [0.5, 0.6) is 5.75 Å². The quantitative estimate of drug-likeness (QED) is 0.742. The maximum Gasteiger partial charge on any atom is 0.183 e. The van der Waals surface area contributed by atoms with Gasteiger partial charge in [0.15, 0.2) is 11.6 Å². The van der Waals surface area contributed by atoms with Crippen LogP contribution in [-0.4, -0.2) is 7.11 Å². The second-order valence-corrected chi connectivity index (χ2v) is 2.90. The Morgan fingerprint density at radius 1 is 1.58 bits per heavy atom. The molecule has 4 heteroatoms. The number of nitrogens with zero attached hydrogens (tertiary/aromatic N) is 1. The molecule has 1 rings (SSSR count). The van der Waals surface area contributed by atoms with E-state index in [0.29, 0.717) is 4.47 Å². The van der Waals surface area contributed by atoms with Crippen LogP contribution in [0.4, 0.5) is 4.39 Å². The highest BCUT2D eigenvalue weighted by Gasteiger charge is 2.11. The highest BCUT2D eigenvalue weighted by Crippen LogP contribution is 2.26. The Labute approximate surface area is 77.7 Å². The maximum absolute atomic E-state index is 13.2. The van der Waals surface area contributed by atoms with Crippen molar-refractivity contribution in [2.45, 2.75) is 0 Å². The molecule has 0 aliphatic carbocycles. The molecule has 0 unspecified atom stereocenters. The van der Waals surface area contributed by atoms with Gasteiger partial charge in [-0.05, 0) is 28.1 Å². The molecule has 0 aliphatic rings. The van der Waals surface area contributed by atoms with Crippen molar-refractivity contribution in [3.63, 3.8) is 0 Å². The Morgan fingerprint density at radius 3 is 2.75 bits per heavy atom. The second kappa shape index (κ2) is 3.55. The highest BCUT2D eigenvalue weighted by molar-refractivity contribution is 9.10. The zero-order valence-electron chi connectivity index (χ0n) is 6.27. The lowest BCUT2D eigenvalue weighted by molar-refractivity contribution is 0.385. The fraction of sp³-hybridized carbons (Fsp3) is 0.125. The van der Waals surface area contributed by atoms with Crippen LogP contribution in [0, 0.1) is 17.1 Å². The van der Waals surface area contributed by atoms with E-state index >= 15 is 0 Å². The van der Waals surface area contributed by atoms with Crippen LogP contribution < -0.4 is 4.74 Å². The van der Waals surface area contributed by atoms with Crippen molar-refractivity contribution in [1.29, 1.82) is 5.26 Å². The molecule has 0 radical (unpaired) electrons. The van der Waals surface area contributed by atoms with E-state index in [9.17, 15) is 4.39 Å². The number of rotatable bonds is 1. The molecular weight excluding hydrogens is 225 g/mol. The van der Waals surface area contributed by atoms with Gasteiger partial charge in [0.2, 0.25) is 0 Å². The SMILES string of the molecule is COc1ccc(Br)c(C#N)c1F. The van der Waals surface area contributed by atoms with Crippen molar-refractivity contribution in [3.8, 4) is 11.8 Å². The summed E-state index contributed by atoms with van der Waals surface area (Å²) in [5, 5.41) is 8.54. The number of halogens is 2. The summed E-state index contributed by atoms with van der Waals surface area (Å²) in [6.45, 7) is 0. The average Bonchev–Trinajstić information content (AvgIpc) is 2.06. The molecule has 0 atom stereocenters. The van der Waals surface area contributed by atoms with E-state index in [-0.39, 0.29) is 11.3 Å². The fourth-order valence-electron chi connectivity index (χ4n) is 0.794. The lowest BCUT2D eigenvalue weighted by Gasteiger charge is -2.03. The number of hydrogen-bond acceptors (Lipinski definition) is 2. The van der Waals surface area contributed by atoms with Crippen molar-refractivity contribution in [1.82, 2.24) is 0 Å². The molecule has 62 valence electrons. The molecule has 2 nitrogen and oxygen atoms in total. The highest BCUT2D eigenvalue weighted by atomic mass is 79.9. The molecule has 0 amide bonds. The predicted molar refractivity (Wildman–Crippen MR) is 45.4 cm³/mol. The first-order chi connectivity index (χ1) is 5.70. The monoisotopic (exact) mass is 229 g/mol. The summed E-state index contributed by atoms with van der Waals surface area (Å²) in [5.41, 5.74) is -0.0330. The Morgan fingerprint density at radius 2 is 2.25 bits per heavy atom. The molecule has 0 N–H and O–H groups in total. The smallest absolute Gasteiger partial charge is 0.183 e. The predicted octanol–water partition coefficient (Wildman–Crippen LogP) is 2.47. The zero-order valence-corrected chi connectivity index (χ0v) is 7.85. The minimum Gasteiger partial charge on any atom is -0.494 e. The molecule has 0 saturated heterocycles. The van der Waals surface area contributed by atoms with Crippen LogP contribution in [-0.2, 0) is 0 Å². The number of benzene rings is 1. The molecule has 0 aliphatic heterocycles. The van der Waals surface area contributed by atoms with Crippen LogP contribution in [0.1, 0.15) is 5.56 Å². The van der Waals surface area contributed by atoms with E-state index in [2.05, 4.69) is 15.9 Å². The summed E-state index contributed by atoms with van der Waals surface area (Å²) < 4.78 is 18.3. The molecule has 0 fully saturated rings. The summed E-state index contributed by atoms with van der Waals surface area (Å²) in [6, 6.07) is 4.76. The lowest BCUT2D eigenvalue weighted by atomic mass is 10.2. The van der Waals surface area contributed by atoms with Crippen molar-refractivity contribution >= 4 is 15.9 Å². The third kappa shape index (κ3) is 1.41. The molecule has 0 aromatic heterocycles. The molecular formula is C8H5BrFNO. The Bertz CT molecular complexity index is 346. The first-order valence-corrected chi connectivity index (χ1v) is 3.92. The van der Waals surface area contributed by atoms with Crippen LogP contribution >= 0.6 is 15.9 Å². The van der Waals surface area contributed by atoms with Gasteiger partial charge in [-0.3, -0.25) is 0 Å². The van der Waals surface area contributed by atoms with Crippen LogP contribution in [0.3, 0.4) is 0 Å². The number of nitriles is 1. The minimum atomic E-state index is -0.630. The Kier molecular flexibility index (Phi) is 2.66. The van der Waals surface area contributed by atoms with Gasteiger partial charge in [0.1, 0.15) is 11.6 Å². The van der Waals surface area contributed by atoms with Gasteiger partial charge >= 0.3 is 0 Å². The molecule has 1 aromatic carbocycles. The van der Waals surface area contributed by atoms with Gasteiger partial charge in [0, 0.05) is 4.47 Å². The standard InChI is InChI=1S/C8H5BrFNO/c1-12-7-3-2-6(9)5(4-11)8(7)10/h2-3H,1H3. The van der Waals surface area contributed by atoms with Gasteiger partial charge in [-0.15, -0.1) is 0 Å². The van der Waals surface area contributed by atoms with Crippen molar-refractivity contribution in [2.75, 3.05) is 7.11 Å². The first kappa shape index (κ1) is 9.01. The Balaban J connectivity index is 3.36. The van der Waals surface area contributed by atoms with Gasteiger partial charge in [-0.25, -0.2) is 4.39 Å². The third-order valence-corrected chi connectivity index (χ3v) is 2.05. The van der Waals surface area contributed by atoms with Gasteiger partial charge in [-0.2, -0.15) is 5.26 Å². The topological polar surface area (TPSA) is 33.0 Å². The molecule has 1 aromatic rings. The van der Waals surface area contributed by atoms with E-state index in [1.54, 1.807) is 12.1 Å². The molecule has 0 saturated carbocycles. The minimum absolute atomic E-state index is 0.0330. The first-order valence-electron chi connectivity index (χ1n) is 3.12. The van der Waals surface area contributed by atoms with Gasteiger partial charge in [0.05, 0.1) is 7.11 Å². The average molecular weight is 230 g/mol. The molecule has 0 heterocycles. The van der Waals surface area contributed by atoms with E-state index in [4.69, 9.17) is 10.00 Å². The van der Waals surface area contributed by atoms with E-state index in [1.165, 1.54) is 13.2 Å². The summed E-state index contributed by atoms with van der Waals surface area (Å²) in [7, 11) is 1.35. The van der Waals surface area contributed by atoms with E-state index in [1.807, 2.05) is 0 Å². The van der Waals surface area contributed by atoms with Gasteiger partial charge in [0.25, 0.3) is 0 Å². The van der Waals surface area contributed by atoms with Gasteiger partial charge < -0.3 is 4.74 Å². The van der Waals surface area contributed by atoms with Crippen molar-refractivity contribution in [2.24, 2.45) is 0 Å². The van der Waals surface area contributed by atoms with Crippen LogP contribution in [0.25, 0.3) is 0 Å². The van der Waals surface area contributed by atoms with Crippen LogP contribution in [0.2, 0.25) is 0 Å². The third-order valence-electron chi connectivity index (χ3n) is 1.39. The summed E-state index contributed by atoms with van der Waals surface area (Å²) in [6.07, 6.45) is 0. The molecule has 12 heavy (non-hydrogen) atoms. The zero-order chi connectivity index (χ0) is 9.14. The maximum atomic E-state index is 13.2. The number of ether oxygens (including phenoxy) is 1. The van der Waals surface area contributed by atoms with Crippen LogP contribution in [0.15, 0.2) is 16.6 Å². The summed E-state index contributed by atoms with van der Waals surface area (Å²) in [5.74, 6) is -0.552. The largest absolute Gasteiger partial charge is 0.494 e. The Hall–Kier alpha value is -1.08. The number of methoxy groups -OCH3 is 1. The van der Waals surface area contributed by atoms with Gasteiger partial charge in [-0.1, -0.05) is 0 Å². The number of hydrogen-bond donors (Lipinski definition) is 0. The molecule has 0 bridgehead atoms. The second-order valence-electron chi connectivity index (χ2n) is 2.05. The summed E-state index contributed by atoms with van der Waals surface area (Å²) >= 11 is 3.05.